The fourth-order valence-electron chi connectivity index (χ4n) is 2.34. The van der Waals surface area contributed by atoms with Crippen LogP contribution in [0.2, 0.25) is 0 Å². The predicted octanol–water partition coefficient (Wildman–Crippen LogP) is 3.21. The lowest BCUT2D eigenvalue weighted by molar-refractivity contribution is -0.131. The monoisotopic (exact) mass is 338 g/mol. The Kier molecular flexibility index (Phi) is 4.79. The minimum atomic E-state index is -0.453. The third-order valence-electron chi connectivity index (χ3n) is 3.74. The highest BCUT2D eigenvalue weighted by Gasteiger charge is 2.30. The highest BCUT2D eigenvalue weighted by atomic mass is 16.5. The van der Waals surface area contributed by atoms with E-state index in [1.54, 1.807) is 42.5 Å². The van der Waals surface area contributed by atoms with Crippen LogP contribution in [0.25, 0.3) is 0 Å². The molecule has 6 heteroatoms. The van der Waals surface area contributed by atoms with Crippen LogP contribution in [0, 0.1) is 5.92 Å². The number of carbonyl (C=O) groups is 3. The first-order valence-corrected chi connectivity index (χ1v) is 8.02. The van der Waals surface area contributed by atoms with E-state index in [0.717, 1.165) is 12.8 Å². The lowest BCUT2D eigenvalue weighted by Gasteiger charge is -2.12. The van der Waals surface area contributed by atoms with Crippen molar-refractivity contribution in [3.63, 3.8) is 0 Å². The van der Waals surface area contributed by atoms with Gasteiger partial charge in [-0.25, -0.2) is 0 Å². The summed E-state index contributed by atoms with van der Waals surface area (Å²) < 4.78 is 4.99. The molecule has 0 radical (unpaired) electrons. The van der Waals surface area contributed by atoms with Gasteiger partial charge in [-0.1, -0.05) is 18.2 Å². The van der Waals surface area contributed by atoms with Crippen LogP contribution in [0.4, 0.5) is 11.4 Å². The summed E-state index contributed by atoms with van der Waals surface area (Å²) >= 11 is 0. The summed E-state index contributed by atoms with van der Waals surface area (Å²) in [5, 5.41) is 5.62. The minimum absolute atomic E-state index is 0.0291. The van der Waals surface area contributed by atoms with E-state index in [-0.39, 0.29) is 17.7 Å². The standard InChI is InChI=1S/C19H18N2O4/c1-12(22)25-15-6-4-5-14(11-15)19(24)21-17-8-3-2-7-16(17)20-18(23)13-9-10-13/h2-8,11,13H,9-10H2,1H3,(H,20,23)(H,21,24). The smallest absolute Gasteiger partial charge is 0.308 e. The molecule has 0 atom stereocenters. The van der Waals surface area contributed by atoms with Crippen LogP contribution < -0.4 is 15.4 Å². The van der Waals surface area contributed by atoms with Crippen molar-refractivity contribution in [3.05, 3.63) is 54.1 Å². The number of esters is 1. The number of rotatable bonds is 5. The Bertz CT molecular complexity index is 828. The van der Waals surface area contributed by atoms with Crippen LogP contribution in [-0.4, -0.2) is 17.8 Å². The molecule has 0 saturated heterocycles. The summed E-state index contributed by atoms with van der Waals surface area (Å²) in [7, 11) is 0. The molecule has 6 nitrogen and oxygen atoms in total. The molecule has 0 aliphatic heterocycles. The van der Waals surface area contributed by atoms with Crippen LogP contribution in [0.3, 0.4) is 0 Å². The van der Waals surface area contributed by atoms with Gasteiger partial charge in [-0.2, -0.15) is 0 Å². The number of ether oxygens (including phenoxy) is 1. The predicted molar refractivity (Wildman–Crippen MR) is 93.5 cm³/mol. The zero-order valence-corrected chi connectivity index (χ0v) is 13.7. The van der Waals surface area contributed by atoms with Crippen molar-refractivity contribution in [2.24, 2.45) is 5.92 Å². The maximum Gasteiger partial charge on any atom is 0.308 e. The van der Waals surface area contributed by atoms with Crippen molar-refractivity contribution >= 4 is 29.2 Å². The molecule has 2 amide bonds. The van der Waals surface area contributed by atoms with Crippen LogP contribution in [0.1, 0.15) is 30.1 Å². The van der Waals surface area contributed by atoms with Crippen molar-refractivity contribution in [1.82, 2.24) is 0 Å². The zero-order valence-electron chi connectivity index (χ0n) is 13.7. The first kappa shape index (κ1) is 16.7. The molecular formula is C19H18N2O4. The molecule has 2 N–H and O–H groups in total. The largest absolute Gasteiger partial charge is 0.427 e. The molecule has 128 valence electrons. The maximum absolute atomic E-state index is 12.5. The van der Waals surface area contributed by atoms with Gasteiger partial charge in [0.25, 0.3) is 5.91 Å². The third kappa shape index (κ3) is 4.44. The molecule has 0 aromatic heterocycles. The number of para-hydroxylation sites is 2. The summed E-state index contributed by atoms with van der Waals surface area (Å²) in [5.41, 5.74) is 1.42. The van der Waals surface area contributed by atoms with Crippen molar-refractivity contribution in [2.45, 2.75) is 19.8 Å². The molecule has 3 rings (SSSR count). The highest BCUT2D eigenvalue weighted by Crippen LogP contribution is 2.31. The first-order valence-electron chi connectivity index (χ1n) is 8.02. The van der Waals surface area contributed by atoms with Gasteiger partial charge in [-0.3, -0.25) is 14.4 Å². The molecule has 1 fully saturated rings. The molecule has 0 spiro atoms. The van der Waals surface area contributed by atoms with Gasteiger partial charge in [-0.05, 0) is 43.2 Å². The van der Waals surface area contributed by atoms with Crippen molar-refractivity contribution < 1.29 is 19.1 Å². The molecule has 1 aliphatic carbocycles. The second-order valence-corrected chi connectivity index (χ2v) is 5.88. The van der Waals surface area contributed by atoms with Crippen LogP contribution in [0.5, 0.6) is 5.75 Å². The Morgan fingerprint density at radius 2 is 1.64 bits per heavy atom. The second kappa shape index (κ2) is 7.17. The topological polar surface area (TPSA) is 84.5 Å². The number of hydrogen-bond acceptors (Lipinski definition) is 4. The minimum Gasteiger partial charge on any atom is -0.427 e. The molecular weight excluding hydrogens is 320 g/mol. The molecule has 2 aromatic carbocycles. The quantitative estimate of drug-likeness (QED) is 0.647. The lowest BCUT2D eigenvalue weighted by Crippen LogP contribution is -2.17. The zero-order chi connectivity index (χ0) is 17.8. The number of nitrogens with one attached hydrogen (secondary N) is 2. The SMILES string of the molecule is CC(=O)Oc1cccc(C(=O)Nc2ccccc2NC(=O)C2CC2)c1. The fourth-order valence-corrected chi connectivity index (χ4v) is 2.34. The van der Waals surface area contributed by atoms with Gasteiger partial charge in [-0.15, -0.1) is 0 Å². The lowest BCUT2D eigenvalue weighted by atomic mass is 10.2. The molecule has 0 heterocycles. The van der Waals surface area contributed by atoms with Gasteiger partial charge < -0.3 is 15.4 Å². The number of hydrogen-bond donors (Lipinski definition) is 2. The summed E-state index contributed by atoms with van der Waals surface area (Å²) in [6.45, 7) is 1.30. The summed E-state index contributed by atoms with van der Waals surface area (Å²) in [4.78, 5) is 35.5. The van der Waals surface area contributed by atoms with Crippen molar-refractivity contribution in [2.75, 3.05) is 10.6 Å². The highest BCUT2D eigenvalue weighted by molar-refractivity contribution is 6.07. The summed E-state index contributed by atoms with van der Waals surface area (Å²) in [6.07, 6.45) is 1.81. The summed E-state index contributed by atoms with van der Waals surface area (Å²) in [5.74, 6) is -0.467. The normalized spacial score (nSPS) is 13.0. The average Bonchev–Trinajstić information content (AvgIpc) is 3.41. The maximum atomic E-state index is 12.5. The van der Waals surface area contributed by atoms with Gasteiger partial charge in [0.05, 0.1) is 11.4 Å². The van der Waals surface area contributed by atoms with Crippen molar-refractivity contribution in [1.29, 1.82) is 0 Å². The Balaban J connectivity index is 1.74. The Hall–Kier alpha value is -3.15. The van der Waals surface area contributed by atoms with E-state index >= 15 is 0 Å². The molecule has 2 aromatic rings. The molecule has 0 bridgehead atoms. The van der Waals surface area contributed by atoms with E-state index in [9.17, 15) is 14.4 Å². The fraction of sp³-hybridized carbons (Fsp3) is 0.211. The molecule has 1 aliphatic rings. The van der Waals surface area contributed by atoms with Crippen LogP contribution in [0.15, 0.2) is 48.5 Å². The summed E-state index contributed by atoms with van der Waals surface area (Å²) in [6, 6.07) is 13.4. The van der Waals surface area contributed by atoms with Gasteiger partial charge in [0.1, 0.15) is 5.75 Å². The van der Waals surface area contributed by atoms with E-state index < -0.39 is 5.97 Å². The number of amides is 2. The number of benzene rings is 2. The van der Waals surface area contributed by atoms with E-state index in [1.807, 2.05) is 0 Å². The Labute approximate surface area is 145 Å². The van der Waals surface area contributed by atoms with E-state index in [4.69, 9.17) is 4.74 Å². The van der Waals surface area contributed by atoms with Gasteiger partial charge in [0.2, 0.25) is 5.91 Å². The average molecular weight is 338 g/mol. The van der Waals surface area contributed by atoms with Gasteiger partial charge >= 0.3 is 5.97 Å². The van der Waals surface area contributed by atoms with E-state index in [2.05, 4.69) is 10.6 Å². The number of carbonyl (C=O) groups excluding carboxylic acids is 3. The van der Waals surface area contributed by atoms with Crippen LogP contribution >= 0.6 is 0 Å². The van der Waals surface area contributed by atoms with Gasteiger partial charge in [0, 0.05) is 18.4 Å². The molecule has 25 heavy (non-hydrogen) atoms. The number of anilines is 2. The molecule has 1 saturated carbocycles. The Morgan fingerprint density at radius 3 is 2.28 bits per heavy atom. The third-order valence-corrected chi connectivity index (χ3v) is 3.74. The van der Waals surface area contributed by atoms with Gasteiger partial charge in [0.15, 0.2) is 0 Å². The van der Waals surface area contributed by atoms with E-state index in [1.165, 1.54) is 13.0 Å². The molecule has 0 unspecified atom stereocenters. The van der Waals surface area contributed by atoms with Crippen molar-refractivity contribution in [3.8, 4) is 5.75 Å². The van der Waals surface area contributed by atoms with E-state index in [0.29, 0.717) is 22.7 Å². The van der Waals surface area contributed by atoms with Crippen LogP contribution in [-0.2, 0) is 9.59 Å². The Morgan fingerprint density at radius 1 is 0.960 bits per heavy atom. The second-order valence-electron chi connectivity index (χ2n) is 5.88. The first-order chi connectivity index (χ1) is 12.0.